The molecule has 1 aliphatic heterocycles. The van der Waals surface area contributed by atoms with Crippen molar-refractivity contribution in [2.75, 3.05) is 6.54 Å². The third-order valence-corrected chi connectivity index (χ3v) is 4.90. The first kappa shape index (κ1) is 14.9. The normalized spacial score (nSPS) is 22.3. The molecule has 4 rings (SSSR count). The van der Waals surface area contributed by atoms with Crippen LogP contribution in [0.5, 0.6) is 0 Å². The summed E-state index contributed by atoms with van der Waals surface area (Å²) in [5.74, 6) is -0.492. The second-order valence-corrected chi connectivity index (χ2v) is 6.40. The van der Waals surface area contributed by atoms with E-state index in [-0.39, 0.29) is 23.8 Å². The van der Waals surface area contributed by atoms with E-state index in [9.17, 15) is 9.59 Å². The molecule has 2 heterocycles. The molecule has 2 atom stereocenters. The summed E-state index contributed by atoms with van der Waals surface area (Å²) in [5, 5.41) is 14.1. The van der Waals surface area contributed by atoms with Gasteiger partial charge in [-0.05, 0) is 24.5 Å². The lowest BCUT2D eigenvalue weighted by atomic mass is 9.88. The van der Waals surface area contributed by atoms with E-state index in [4.69, 9.17) is 0 Å². The number of carbonyl (C=O) groups excluding carboxylic acids is 2. The van der Waals surface area contributed by atoms with E-state index >= 15 is 0 Å². The van der Waals surface area contributed by atoms with Crippen LogP contribution in [-0.4, -0.2) is 39.4 Å². The summed E-state index contributed by atoms with van der Waals surface area (Å²) >= 11 is 0. The maximum absolute atomic E-state index is 12.8. The molecule has 0 spiro atoms. The van der Waals surface area contributed by atoms with Gasteiger partial charge in [0, 0.05) is 31.6 Å². The van der Waals surface area contributed by atoms with Gasteiger partial charge in [-0.2, -0.15) is 0 Å². The van der Waals surface area contributed by atoms with Crippen LogP contribution < -0.4 is 10.6 Å². The van der Waals surface area contributed by atoms with Crippen molar-refractivity contribution in [3.63, 3.8) is 0 Å². The van der Waals surface area contributed by atoms with Gasteiger partial charge in [0.05, 0.1) is 17.3 Å². The molecule has 2 amide bonds. The van der Waals surface area contributed by atoms with Crippen molar-refractivity contribution < 1.29 is 9.59 Å². The van der Waals surface area contributed by atoms with E-state index in [0.717, 1.165) is 36.2 Å². The standard InChI is InChI=1S/C17H19N5O2/c1-22-15-8-10(6-7-14(15)20-21-22)19-17(24)13-9-18-16(23)12-5-3-2-4-11(12)13/h2-5,10,13H,6-9H2,1H3,(H,18,23)(H,19,24). The molecule has 2 unspecified atom stereocenters. The quantitative estimate of drug-likeness (QED) is 0.832. The molecule has 1 aromatic carbocycles. The van der Waals surface area contributed by atoms with Crippen molar-refractivity contribution in [2.45, 2.75) is 31.2 Å². The van der Waals surface area contributed by atoms with Crippen molar-refractivity contribution in [1.29, 1.82) is 0 Å². The number of aromatic nitrogens is 3. The molecule has 7 nitrogen and oxygen atoms in total. The average molecular weight is 325 g/mol. The molecule has 7 heteroatoms. The SMILES string of the molecule is Cn1nnc2c1CC(NC(=O)C1CNC(=O)c3ccccc31)CC2. The minimum absolute atomic E-state index is 0.0361. The Morgan fingerprint density at radius 1 is 1.38 bits per heavy atom. The summed E-state index contributed by atoms with van der Waals surface area (Å²) in [6.07, 6.45) is 2.43. The highest BCUT2D eigenvalue weighted by Crippen LogP contribution is 2.25. The predicted molar refractivity (Wildman–Crippen MR) is 86.5 cm³/mol. The lowest BCUT2D eigenvalue weighted by Gasteiger charge is -2.28. The maximum Gasteiger partial charge on any atom is 0.251 e. The van der Waals surface area contributed by atoms with Crippen molar-refractivity contribution in [3.05, 3.63) is 46.8 Å². The Balaban J connectivity index is 1.51. The highest BCUT2D eigenvalue weighted by atomic mass is 16.2. The second kappa shape index (κ2) is 5.74. The Morgan fingerprint density at radius 3 is 3.08 bits per heavy atom. The summed E-state index contributed by atoms with van der Waals surface area (Å²) in [5.41, 5.74) is 3.50. The molecule has 2 aromatic rings. The largest absolute Gasteiger partial charge is 0.352 e. The van der Waals surface area contributed by atoms with Gasteiger partial charge < -0.3 is 10.6 Å². The third kappa shape index (κ3) is 2.46. The van der Waals surface area contributed by atoms with Crippen LogP contribution in [0.15, 0.2) is 24.3 Å². The molecule has 0 fully saturated rings. The van der Waals surface area contributed by atoms with Crippen LogP contribution in [0.1, 0.15) is 39.6 Å². The predicted octanol–water partition coefficient (Wildman–Crippen LogP) is 0.316. The number of hydrogen-bond acceptors (Lipinski definition) is 4. The van der Waals surface area contributed by atoms with Crippen LogP contribution in [0, 0.1) is 0 Å². The van der Waals surface area contributed by atoms with E-state index in [0.29, 0.717) is 12.1 Å². The Labute approximate surface area is 139 Å². The first-order valence-electron chi connectivity index (χ1n) is 8.18. The smallest absolute Gasteiger partial charge is 0.251 e. The topological polar surface area (TPSA) is 88.9 Å². The molecule has 1 aromatic heterocycles. The number of benzene rings is 1. The lowest BCUT2D eigenvalue weighted by Crippen LogP contribution is -2.46. The molecule has 2 aliphatic rings. The van der Waals surface area contributed by atoms with Crippen molar-refractivity contribution in [3.8, 4) is 0 Å². The fourth-order valence-electron chi connectivity index (χ4n) is 3.58. The van der Waals surface area contributed by atoms with E-state index < -0.39 is 0 Å². The van der Waals surface area contributed by atoms with E-state index in [1.165, 1.54) is 0 Å². The lowest BCUT2D eigenvalue weighted by molar-refractivity contribution is -0.123. The van der Waals surface area contributed by atoms with Gasteiger partial charge in [-0.15, -0.1) is 5.10 Å². The zero-order valence-corrected chi connectivity index (χ0v) is 13.5. The number of fused-ring (bicyclic) bond motifs is 2. The number of nitrogens with zero attached hydrogens (tertiary/aromatic N) is 3. The summed E-state index contributed by atoms with van der Waals surface area (Å²) in [4.78, 5) is 24.7. The Kier molecular flexibility index (Phi) is 3.55. The summed E-state index contributed by atoms with van der Waals surface area (Å²) in [6.45, 7) is 0.340. The monoisotopic (exact) mass is 325 g/mol. The molecular weight excluding hydrogens is 306 g/mol. The van der Waals surface area contributed by atoms with Gasteiger partial charge >= 0.3 is 0 Å². The number of nitrogens with one attached hydrogen (secondary N) is 2. The number of amides is 2. The molecule has 0 saturated heterocycles. The Morgan fingerprint density at radius 2 is 2.21 bits per heavy atom. The summed E-state index contributed by atoms with van der Waals surface area (Å²) in [7, 11) is 1.88. The molecule has 0 saturated carbocycles. The van der Waals surface area contributed by atoms with Crippen molar-refractivity contribution in [1.82, 2.24) is 25.6 Å². The van der Waals surface area contributed by atoms with Gasteiger partial charge in [-0.1, -0.05) is 23.4 Å². The molecule has 2 N–H and O–H groups in total. The number of carbonyl (C=O) groups is 2. The van der Waals surface area contributed by atoms with Gasteiger partial charge in [0.15, 0.2) is 0 Å². The zero-order chi connectivity index (χ0) is 16.7. The number of aryl methyl sites for hydroxylation is 2. The zero-order valence-electron chi connectivity index (χ0n) is 13.5. The third-order valence-electron chi connectivity index (χ3n) is 4.90. The molecule has 24 heavy (non-hydrogen) atoms. The maximum atomic E-state index is 12.8. The first-order chi connectivity index (χ1) is 11.6. The fraction of sp³-hybridized carbons (Fsp3) is 0.412. The van der Waals surface area contributed by atoms with Gasteiger partial charge in [-0.3, -0.25) is 14.3 Å². The van der Waals surface area contributed by atoms with Gasteiger partial charge in [0.1, 0.15) is 0 Å². The minimum Gasteiger partial charge on any atom is -0.352 e. The first-order valence-corrected chi connectivity index (χ1v) is 8.18. The highest BCUT2D eigenvalue weighted by Gasteiger charge is 2.32. The Bertz CT molecular complexity index is 813. The van der Waals surface area contributed by atoms with Crippen LogP contribution in [0.3, 0.4) is 0 Å². The summed E-state index contributed by atoms with van der Waals surface area (Å²) in [6, 6.07) is 7.38. The van der Waals surface area contributed by atoms with Crippen LogP contribution >= 0.6 is 0 Å². The minimum atomic E-state index is -0.343. The van der Waals surface area contributed by atoms with Crippen LogP contribution in [0.2, 0.25) is 0 Å². The average Bonchev–Trinajstić information content (AvgIpc) is 2.96. The number of rotatable bonds is 2. The van der Waals surface area contributed by atoms with Crippen LogP contribution in [-0.2, 0) is 24.7 Å². The molecule has 1 aliphatic carbocycles. The van der Waals surface area contributed by atoms with Crippen LogP contribution in [0.4, 0.5) is 0 Å². The molecular formula is C17H19N5O2. The van der Waals surface area contributed by atoms with Crippen molar-refractivity contribution >= 4 is 11.8 Å². The molecule has 0 radical (unpaired) electrons. The number of hydrogen-bond donors (Lipinski definition) is 2. The fourth-order valence-corrected chi connectivity index (χ4v) is 3.58. The van der Waals surface area contributed by atoms with Gasteiger partial charge in [0.25, 0.3) is 5.91 Å². The van der Waals surface area contributed by atoms with Gasteiger partial charge in [0.2, 0.25) is 5.91 Å². The Hall–Kier alpha value is -2.70. The van der Waals surface area contributed by atoms with E-state index in [2.05, 4.69) is 20.9 Å². The van der Waals surface area contributed by atoms with E-state index in [1.807, 2.05) is 25.2 Å². The highest BCUT2D eigenvalue weighted by molar-refractivity contribution is 6.00. The molecule has 124 valence electrons. The van der Waals surface area contributed by atoms with Crippen molar-refractivity contribution in [2.24, 2.45) is 7.05 Å². The second-order valence-electron chi connectivity index (χ2n) is 6.40. The van der Waals surface area contributed by atoms with Crippen LogP contribution in [0.25, 0.3) is 0 Å². The van der Waals surface area contributed by atoms with E-state index in [1.54, 1.807) is 10.7 Å². The summed E-state index contributed by atoms with van der Waals surface area (Å²) < 4.78 is 1.78. The van der Waals surface area contributed by atoms with Gasteiger partial charge in [-0.25, -0.2) is 0 Å². The molecule has 0 bridgehead atoms.